The van der Waals surface area contributed by atoms with Crippen LogP contribution >= 0.6 is 0 Å². The lowest BCUT2D eigenvalue weighted by Gasteiger charge is -2.40. The van der Waals surface area contributed by atoms with Gasteiger partial charge in [-0.2, -0.15) is 0 Å². The normalized spacial score (nSPS) is 16.9. The lowest BCUT2D eigenvalue weighted by molar-refractivity contribution is 0.149. The number of ether oxygens (including phenoxy) is 1. The van der Waals surface area contributed by atoms with Crippen LogP contribution in [0.4, 0.5) is 9.59 Å². The van der Waals surface area contributed by atoms with Gasteiger partial charge in [0.1, 0.15) is 6.61 Å². The molecule has 50 heavy (non-hydrogen) atoms. The molecule has 1 saturated heterocycles. The maximum Gasteiger partial charge on any atom is 0.410 e. The number of hydrogen-bond acceptors (Lipinski definition) is 3. The number of nitrogens with one attached hydrogen (secondary N) is 1. The molecule has 2 aliphatic heterocycles. The van der Waals surface area contributed by atoms with Crippen molar-refractivity contribution in [2.75, 3.05) is 6.61 Å². The summed E-state index contributed by atoms with van der Waals surface area (Å²) in [5.74, 6) is 1.41. The zero-order chi connectivity index (χ0) is 38.4. The Morgan fingerprint density at radius 3 is 1.46 bits per heavy atom. The Morgan fingerprint density at radius 1 is 0.620 bits per heavy atom. The van der Waals surface area contributed by atoms with Crippen LogP contribution in [0.3, 0.4) is 0 Å². The first kappa shape index (κ1) is 45.9. The molecule has 3 amide bonds. The fourth-order valence-electron chi connectivity index (χ4n) is 5.51. The molecule has 278 valence electrons. The molecule has 0 aliphatic carbocycles. The molecule has 0 aromatic heterocycles. The highest BCUT2D eigenvalue weighted by Gasteiger charge is 2.36. The molecule has 5 rings (SSSR count). The molecule has 1 fully saturated rings. The Morgan fingerprint density at radius 2 is 1.04 bits per heavy atom. The van der Waals surface area contributed by atoms with E-state index in [9.17, 15) is 9.59 Å². The second-order valence-corrected chi connectivity index (χ2v) is 12.5. The van der Waals surface area contributed by atoms with Gasteiger partial charge in [-0.1, -0.05) is 153 Å². The molecular formula is C44H69N3O3. The number of rotatable bonds is 6. The molecule has 2 heterocycles. The number of hydrogen-bond donors (Lipinski definition) is 1. The average molecular weight is 688 g/mol. The van der Waals surface area contributed by atoms with Gasteiger partial charge >= 0.3 is 12.1 Å². The van der Waals surface area contributed by atoms with E-state index in [0.717, 1.165) is 22.7 Å². The second kappa shape index (κ2) is 25.0. The zero-order valence-corrected chi connectivity index (χ0v) is 34.0. The molecule has 2 aliphatic rings. The lowest BCUT2D eigenvalue weighted by Crippen LogP contribution is -2.49. The maximum absolute atomic E-state index is 12.2. The molecule has 0 saturated carbocycles. The summed E-state index contributed by atoms with van der Waals surface area (Å²) in [6.07, 6.45) is -0.209. The molecule has 0 bridgehead atoms. The van der Waals surface area contributed by atoms with E-state index in [1.54, 1.807) is 4.90 Å². The van der Waals surface area contributed by atoms with Gasteiger partial charge in [-0.25, -0.2) is 9.59 Å². The third-order valence-electron chi connectivity index (χ3n) is 8.46. The molecule has 6 nitrogen and oxygen atoms in total. The highest BCUT2D eigenvalue weighted by Crippen LogP contribution is 2.34. The van der Waals surface area contributed by atoms with E-state index in [0.29, 0.717) is 12.5 Å². The zero-order valence-electron chi connectivity index (χ0n) is 34.0. The molecule has 1 unspecified atom stereocenters. The molecule has 1 N–H and O–H groups in total. The van der Waals surface area contributed by atoms with Gasteiger partial charge in [-0.05, 0) is 75.6 Å². The van der Waals surface area contributed by atoms with Crippen LogP contribution in [0.25, 0.3) is 0 Å². The van der Waals surface area contributed by atoms with E-state index in [1.807, 2.05) is 130 Å². The Kier molecular flexibility index (Phi) is 22.9. The summed E-state index contributed by atoms with van der Waals surface area (Å²) in [6.45, 7) is 31.4. The molecule has 0 spiro atoms. The third kappa shape index (κ3) is 13.7. The minimum Gasteiger partial charge on any atom is -0.447 e. The molecular weight excluding hydrogens is 619 g/mol. The van der Waals surface area contributed by atoms with Gasteiger partial charge in [0.25, 0.3) is 0 Å². The van der Waals surface area contributed by atoms with Crippen LogP contribution in [0.15, 0.2) is 102 Å². The summed E-state index contributed by atoms with van der Waals surface area (Å²) >= 11 is 0. The first-order chi connectivity index (χ1) is 23.9. The van der Waals surface area contributed by atoms with Gasteiger partial charge in [0.2, 0.25) is 0 Å². The Hall–Kier alpha value is -4.06. The van der Waals surface area contributed by atoms with Gasteiger partial charge < -0.3 is 15.0 Å². The molecule has 3 aromatic carbocycles. The monoisotopic (exact) mass is 688 g/mol. The summed E-state index contributed by atoms with van der Waals surface area (Å²) < 4.78 is 5.08. The summed E-state index contributed by atoms with van der Waals surface area (Å²) in [5.41, 5.74) is 5.91. The van der Waals surface area contributed by atoms with Crippen LogP contribution in [-0.4, -0.2) is 40.6 Å². The summed E-state index contributed by atoms with van der Waals surface area (Å²) in [4.78, 5) is 27.3. The number of carbonyl (C=O) groups excluding carboxylic acids is 2. The summed E-state index contributed by atoms with van der Waals surface area (Å²) in [5, 5.41) is 2.93. The largest absolute Gasteiger partial charge is 0.447 e. The predicted molar refractivity (Wildman–Crippen MR) is 214 cm³/mol. The van der Waals surface area contributed by atoms with Gasteiger partial charge in [0, 0.05) is 17.8 Å². The quantitative estimate of drug-likeness (QED) is 0.280. The third-order valence-corrected chi connectivity index (χ3v) is 8.46. The van der Waals surface area contributed by atoms with Gasteiger partial charge in [-0.3, -0.25) is 4.90 Å². The van der Waals surface area contributed by atoms with Crippen molar-refractivity contribution in [1.82, 2.24) is 15.1 Å². The topological polar surface area (TPSA) is 61.9 Å². The van der Waals surface area contributed by atoms with E-state index in [-0.39, 0.29) is 36.3 Å². The van der Waals surface area contributed by atoms with E-state index in [2.05, 4.69) is 75.5 Å². The van der Waals surface area contributed by atoms with Crippen LogP contribution in [0.1, 0.15) is 139 Å². The Bertz CT molecular complexity index is 1360. The minimum absolute atomic E-state index is 0.0121. The van der Waals surface area contributed by atoms with Gasteiger partial charge in [0.15, 0.2) is 0 Å². The Balaban J connectivity index is 0.000000684. The van der Waals surface area contributed by atoms with Crippen molar-refractivity contribution < 1.29 is 14.3 Å². The first-order valence-corrected chi connectivity index (χ1v) is 18.8. The fourth-order valence-corrected chi connectivity index (χ4v) is 5.51. The molecule has 3 atom stereocenters. The summed E-state index contributed by atoms with van der Waals surface area (Å²) in [6, 6.07) is 31.3. The van der Waals surface area contributed by atoms with Crippen molar-refractivity contribution in [2.45, 2.75) is 134 Å². The van der Waals surface area contributed by atoms with Crippen LogP contribution in [-0.2, 0) is 4.74 Å². The predicted octanol–water partition coefficient (Wildman–Crippen LogP) is 12.6. The fraction of sp³-hybridized carbons (Fsp3) is 0.500. The van der Waals surface area contributed by atoms with Crippen molar-refractivity contribution in [3.05, 3.63) is 119 Å². The number of allylic oxidation sites excluding steroid dienone is 1. The average Bonchev–Trinajstić information content (AvgIpc) is 3.55. The van der Waals surface area contributed by atoms with E-state index < -0.39 is 0 Å². The van der Waals surface area contributed by atoms with E-state index in [1.165, 1.54) is 11.1 Å². The van der Waals surface area contributed by atoms with Crippen molar-refractivity contribution in [2.24, 2.45) is 5.92 Å². The van der Waals surface area contributed by atoms with Gasteiger partial charge in [-0.15, -0.1) is 0 Å². The number of carbonyl (C=O) groups is 2. The maximum atomic E-state index is 12.2. The Labute approximate surface area is 306 Å². The number of cyclic esters (lactones) is 1. The van der Waals surface area contributed by atoms with Crippen LogP contribution in [0, 0.1) is 5.92 Å². The smallest absolute Gasteiger partial charge is 0.410 e. The second-order valence-electron chi connectivity index (χ2n) is 12.5. The SMILES string of the molecule is CC.CC.CC.CC(C)C(C)c1ccccc1.CC(C)N1C(=O)OC[C@@H]1c1ccccc1.CC1=C(C)[C@H](c2ccccc2)N(C(C)C)C(=O)N1. The van der Waals surface area contributed by atoms with Crippen molar-refractivity contribution in [1.29, 1.82) is 0 Å². The van der Waals surface area contributed by atoms with Crippen molar-refractivity contribution in [3.8, 4) is 0 Å². The first-order valence-electron chi connectivity index (χ1n) is 18.8. The number of amides is 3. The van der Waals surface area contributed by atoms with Crippen molar-refractivity contribution >= 4 is 12.1 Å². The number of nitrogens with zero attached hydrogens (tertiary/aromatic N) is 2. The van der Waals surface area contributed by atoms with Crippen LogP contribution in [0.2, 0.25) is 0 Å². The van der Waals surface area contributed by atoms with Crippen molar-refractivity contribution in [3.63, 3.8) is 0 Å². The highest BCUT2D eigenvalue weighted by atomic mass is 16.6. The summed E-state index contributed by atoms with van der Waals surface area (Å²) in [7, 11) is 0. The van der Waals surface area contributed by atoms with Crippen LogP contribution in [0.5, 0.6) is 0 Å². The standard InChI is InChI=1S/C15H20N2O.C12H15NO2.C11H16.3C2H6/c1-10(2)17-14(13-8-6-5-7-9-13)11(3)12(4)16-15(17)18;1-9(2)13-11(8-15-12(13)14)10-6-4-3-5-7-10;1-9(2)10(3)11-7-5-4-6-8-11;3*1-2/h5-10,14H,1-4H3,(H,16,18);3-7,9,11H,8H2,1-2H3;4-10H,1-3H3;3*1-2H3/t14-;11-;;;;/m11..../s1. The number of urea groups is 1. The van der Waals surface area contributed by atoms with E-state index in [4.69, 9.17) is 4.74 Å². The molecule has 6 heteroatoms. The van der Waals surface area contributed by atoms with Gasteiger partial charge in [0.05, 0.1) is 12.1 Å². The van der Waals surface area contributed by atoms with E-state index >= 15 is 0 Å². The molecule has 3 aromatic rings. The lowest BCUT2D eigenvalue weighted by atomic mass is 9.91. The van der Waals surface area contributed by atoms with Crippen LogP contribution < -0.4 is 5.32 Å². The number of benzene rings is 3. The molecule has 0 radical (unpaired) electrons. The minimum atomic E-state index is -0.209. The highest BCUT2D eigenvalue weighted by molar-refractivity contribution is 5.79.